The largest absolute Gasteiger partial charge is 0.387 e. The molecule has 0 spiro atoms. The molecule has 1 atom stereocenters. The molecule has 0 saturated carbocycles. The van der Waals surface area contributed by atoms with E-state index in [0.717, 1.165) is 40.4 Å². The number of hydrogen-bond acceptors (Lipinski definition) is 3. The molecule has 0 amide bonds. The monoisotopic (exact) mass is 341 g/mol. The van der Waals surface area contributed by atoms with Crippen LogP contribution in [0.5, 0.6) is 0 Å². The van der Waals surface area contributed by atoms with Crippen LogP contribution in [0.15, 0.2) is 18.2 Å². The van der Waals surface area contributed by atoms with E-state index in [9.17, 15) is 5.11 Å². The summed E-state index contributed by atoms with van der Waals surface area (Å²) in [4.78, 5) is 5.76. The molecule has 5 heteroatoms. The fraction of sp³-hybridized carbons (Fsp3) is 0.438. The van der Waals surface area contributed by atoms with Gasteiger partial charge in [0.05, 0.1) is 31.7 Å². The predicted octanol–water partition coefficient (Wildman–Crippen LogP) is 5.05. The highest BCUT2D eigenvalue weighted by Crippen LogP contribution is 2.43. The zero-order chi connectivity index (χ0) is 15.2. The van der Waals surface area contributed by atoms with E-state index in [1.165, 1.54) is 0 Å². The predicted molar refractivity (Wildman–Crippen MR) is 88.4 cm³/mol. The molecule has 1 aromatic carbocycles. The van der Waals surface area contributed by atoms with Crippen molar-refractivity contribution in [3.63, 3.8) is 0 Å². The SMILES string of the molecule is CC1(C)Cc2nc(Cc3ccc(Cl)c(Cl)c3)sc2C(O)C1. The van der Waals surface area contributed by atoms with E-state index in [-0.39, 0.29) is 11.5 Å². The molecule has 3 rings (SSSR count). The first-order chi connectivity index (χ1) is 9.84. The quantitative estimate of drug-likeness (QED) is 0.829. The second kappa shape index (κ2) is 5.54. The summed E-state index contributed by atoms with van der Waals surface area (Å²) in [5, 5.41) is 12.4. The van der Waals surface area contributed by atoms with Crippen molar-refractivity contribution in [3.05, 3.63) is 49.4 Å². The lowest BCUT2D eigenvalue weighted by atomic mass is 9.77. The smallest absolute Gasteiger partial charge is 0.0975 e. The van der Waals surface area contributed by atoms with Gasteiger partial charge in [0.2, 0.25) is 0 Å². The number of benzene rings is 1. The highest BCUT2D eigenvalue weighted by atomic mass is 35.5. The molecule has 0 radical (unpaired) electrons. The van der Waals surface area contributed by atoms with Gasteiger partial charge in [-0.15, -0.1) is 11.3 Å². The minimum atomic E-state index is -0.385. The molecule has 1 aliphatic rings. The van der Waals surface area contributed by atoms with Crippen LogP contribution in [0.3, 0.4) is 0 Å². The van der Waals surface area contributed by atoms with Gasteiger partial charge >= 0.3 is 0 Å². The van der Waals surface area contributed by atoms with Crippen molar-refractivity contribution in [2.45, 2.75) is 39.2 Å². The van der Waals surface area contributed by atoms with E-state index in [4.69, 9.17) is 28.2 Å². The molecular formula is C16H17Cl2NOS. The number of thiazole rings is 1. The number of nitrogens with zero attached hydrogens (tertiary/aromatic N) is 1. The highest BCUT2D eigenvalue weighted by molar-refractivity contribution is 7.11. The summed E-state index contributed by atoms with van der Waals surface area (Å²) >= 11 is 13.6. The minimum Gasteiger partial charge on any atom is -0.387 e. The van der Waals surface area contributed by atoms with Crippen LogP contribution in [-0.4, -0.2) is 10.1 Å². The van der Waals surface area contributed by atoms with Crippen molar-refractivity contribution >= 4 is 34.5 Å². The third kappa shape index (κ3) is 3.26. The van der Waals surface area contributed by atoms with Gasteiger partial charge < -0.3 is 5.11 Å². The number of halogens is 2. The summed E-state index contributed by atoms with van der Waals surface area (Å²) < 4.78 is 0. The Morgan fingerprint density at radius 2 is 2.10 bits per heavy atom. The Morgan fingerprint density at radius 1 is 1.33 bits per heavy atom. The van der Waals surface area contributed by atoms with Crippen molar-refractivity contribution in [1.29, 1.82) is 0 Å². The summed E-state index contributed by atoms with van der Waals surface area (Å²) in [5.41, 5.74) is 2.25. The van der Waals surface area contributed by atoms with Crippen molar-refractivity contribution in [3.8, 4) is 0 Å². The van der Waals surface area contributed by atoms with Crippen molar-refractivity contribution < 1.29 is 5.11 Å². The van der Waals surface area contributed by atoms with E-state index in [0.29, 0.717) is 10.0 Å². The van der Waals surface area contributed by atoms with Crippen LogP contribution in [0.4, 0.5) is 0 Å². The Balaban J connectivity index is 1.86. The number of aromatic nitrogens is 1. The average molecular weight is 342 g/mol. The first kappa shape index (κ1) is 15.3. The van der Waals surface area contributed by atoms with Gasteiger partial charge in [-0.05, 0) is 36.0 Å². The van der Waals surface area contributed by atoms with Gasteiger partial charge in [0, 0.05) is 6.42 Å². The number of fused-ring (bicyclic) bond motifs is 1. The zero-order valence-corrected chi connectivity index (χ0v) is 14.3. The highest BCUT2D eigenvalue weighted by Gasteiger charge is 2.33. The minimum absolute atomic E-state index is 0.112. The van der Waals surface area contributed by atoms with Gasteiger partial charge in [0.15, 0.2) is 0 Å². The van der Waals surface area contributed by atoms with Crippen LogP contribution < -0.4 is 0 Å². The molecule has 1 aliphatic carbocycles. The molecule has 2 aromatic rings. The van der Waals surface area contributed by atoms with E-state index < -0.39 is 0 Å². The third-order valence-electron chi connectivity index (χ3n) is 3.81. The molecule has 1 heterocycles. The summed E-state index contributed by atoms with van der Waals surface area (Å²) in [5.74, 6) is 0. The maximum Gasteiger partial charge on any atom is 0.0975 e. The number of rotatable bonds is 2. The molecule has 1 N–H and O–H groups in total. The Hall–Kier alpha value is -0.610. The van der Waals surface area contributed by atoms with Gasteiger partial charge in [-0.1, -0.05) is 43.1 Å². The lowest BCUT2D eigenvalue weighted by Gasteiger charge is -2.31. The summed E-state index contributed by atoms with van der Waals surface area (Å²) in [6.45, 7) is 4.36. The Bertz CT molecular complexity index is 681. The van der Waals surface area contributed by atoms with Crippen LogP contribution >= 0.6 is 34.5 Å². The maximum absolute atomic E-state index is 10.3. The first-order valence-electron chi connectivity index (χ1n) is 6.94. The van der Waals surface area contributed by atoms with Crippen molar-refractivity contribution in [2.24, 2.45) is 5.41 Å². The molecule has 0 bridgehead atoms. The molecule has 0 fully saturated rings. The van der Waals surface area contributed by atoms with Gasteiger partial charge in [-0.3, -0.25) is 0 Å². The van der Waals surface area contributed by atoms with Gasteiger partial charge in [-0.2, -0.15) is 0 Å². The van der Waals surface area contributed by atoms with Crippen LogP contribution in [-0.2, 0) is 12.8 Å². The maximum atomic E-state index is 10.3. The van der Waals surface area contributed by atoms with E-state index in [1.807, 2.05) is 18.2 Å². The Labute approximate surface area is 138 Å². The normalized spacial score (nSPS) is 20.3. The Kier molecular flexibility index (Phi) is 4.04. The summed E-state index contributed by atoms with van der Waals surface area (Å²) in [6, 6.07) is 5.66. The molecular weight excluding hydrogens is 325 g/mol. The van der Waals surface area contributed by atoms with Crippen LogP contribution in [0.25, 0.3) is 0 Å². The van der Waals surface area contributed by atoms with Gasteiger partial charge in [0.1, 0.15) is 0 Å². The lowest BCUT2D eigenvalue weighted by molar-refractivity contribution is 0.102. The number of aliphatic hydroxyl groups excluding tert-OH is 1. The molecule has 112 valence electrons. The Morgan fingerprint density at radius 3 is 2.81 bits per heavy atom. The van der Waals surface area contributed by atoms with Gasteiger partial charge in [0.25, 0.3) is 0 Å². The van der Waals surface area contributed by atoms with Crippen molar-refractivity contribution in [1.82, 2.24) is 4.98 Å². The number of hydrogen-bond donors (Lipinski definition) is 1. The van der Waals surface area contributed by atoms with Gasteiger partial charge in [-0.25, -0.2) is 4.98 Å². The second-order valence-corrected chi connectivity index (χ2v) is 8.33. The number of aliphatic hydroxyl groups is 1. The van der Waals surface area contributed by atoms with E-state index in [1.54, 1.807) is 11.3 Å². The standard InChI is InChI=1S/C16H17Cl2NOS/c1-16(2)7-12-15(13(20)8-16)21-14(19-12)6-9-3-4-10(17)11(18)5-9/h3-5,13,20H,6-8H2,1-2H3. The molecule has 0 saturated heterocycles. The average Bonchev–Trinajstić information content (AvgIpc) is 2.75. The molecule has 0 aliphatic heterocycles. The zero-order valence-electron chi connectivity index (χ0n) is 12.0. The lowest BCUT2D eigenvalue weighted by Crippen LogP contribution is -2.24. The topological polar surface area (TPSA) is 33.1 Å². The first-order valence-corrected chi connectivity index (χ1v) is 8.52. The van der Waals surface area contributed by atoms with E-state index >= 15 is 0 Å². The van der Waals surface area contributed by atoms with Crippen LogP contribution in [0.1, 0.15) is 47.5 Å². The fourth-order valence-electron chi connectivity index (χ4n) is 2.84. The summed E-state index contributed by atoms with van der Waals surface area (Å²) in [7, 11) is 0. The molecule has 1 aromatic heterocycles. The second-order valence-electron chi connectivity index (χ2n) is 6.40. The molecule has 2 nitrogen and oxygen atoms in total. The molecule has 21 heavy (non-hydrogen) atoms. The fourth-order valence-corrected chi connectivity index (χ4v) is 4.27. The summed E-state index contributed by atoms with van der Waals surface area (Å²) in [6.07, 6.45) is 2.07. The van der Waals surface area contributed by atoms with Crippen molar-refractivity contribution in [2.75, 3.05) is 0 Å². The van der Waals surface area contributed by atoms with E-state index in [2.05, 4.69) is 13.8 Å². The van der Waals surface area contributed by atoms with Crippen LogP contribution in [0, 0.1) is 5.41 Å². The van der Waals surface area contributed by atoms with Crippen LogP contribution in [0.2, 0.25) is 10.0 Å². The molecule has 1 unspecified atom stereocenters. The third-order valence-corrected chi connectivity index (χ3v) is 5.74.